The maximum atomic E-state index is 11.1. The van der Waals surface area contributed by atoms with Crippen LogP contribution in [0.2, 0.25) is 0 Å². The summed E-state index contributed by atoms with van der Waals surface area (Å²) >= 11 is 0. The second kappa shape index (κ2) is 7.49. The lowest BCUT2D eigenvalue weighted by atomic mass is 10.1. The van der Waals surface area contributed by atoms with Gasteiger partial charge in [0.1, 0.15) is 0 Å². The van der Waals surface area contributed by atoms with Crippen LogP contribution in [-0.4, -0.2) is 43.3 Å². The van der Waals surface area contributed by atoms with Gasteiger partial charge in [0.05, 0.1) is 6.61 Å². The molecule has 16 heavy (non-hydrogen) atoms. The number of alkyl carbamates (subject to hydrolysis) is 1. The van der Waals surface area contributed by atoms with Crippen molar-refractivity contribution in [2.75, 3.05) is 26.2 Å². The van der Waals surface area contributed by atoms with Crippen molar-refractivity contribution in [3.05, 3.63) is 0 Å². The van der Waals surface area contributed by atoms with Crippen LogP contribution in [0.4, 0.5) is 4.79 Å². The lowest BCUT2D eigenvalue weighted by Crippen LogP contribution is -2.39. The van der Waals surface area contributed by atoms with E-state index in [0.29, 0.717) is 19.2 Å². The third kappa shape index (κ3) is 4.84. The average Bonchev–Trinajstić information content (AvgIpc) is 2.30. The first kappa shape index (κ1) is 13.3. The fourth-order valence-corrected chi connectivity index (χ4v) is 2.11. The molecule has 94 valence electrons. The Balaban J connectivity index is 2.09. The van der Waals surface area contributed by atoms with Gasteiger partial charge in [-0.3, -0.25) is 0 Å². The van der Waals surface area contributed by atoms with Gasteiger partial charge in [0.2, 0.25) is 0 Å². The minimum absolute atomic E-state index is 0.298. The molecule has 1 amide bonds. The summed E-state index contributed by atoms with van der Waals surface area (Å²) in [5, 5.41) is 2.77. The Morgan fingerprint density at radius 3 is 2.69 bits per heavy atom. The van der Waals surface area contributed by atoms with Gasteiger partial charge in [-0.2, -0.15) is 0 Å². The minimum atomic E-state index is -0.298. The van der Waals surface area contributed by atoms with E-state index in [9.17, 15) is 4.79 Å². The summed E-state index contributed by atoms with van der Waals surface area (Å²) in [5.74, 6) is 0. The zero-order valence-electron chi connectivity index (χ0n) is 10.5. The van der Waals surface area contributed by atoms with Crippen molar-refractivity contribution in [2.45, 2.75) is 45.6 Å². The molecule has 1 atom stereocenters. The molecular formula is C12H24N2O2. The van der Waals surface area contributed by atoms with Crippen molar-refractivity contribution in [1.82, 2.24) is 10.2 Å². The molecule has 0 radical (unpaired) electrons. The van der Waals surface area contributed by atoms with Crippen LogP contribution >= 0.6 is 0 Å². The summed E-state index contributed by atoms with van der Waals surface area (Å²) in [4.78, 5) is 13.6. The standard InChI is InChI=1S/C12H24N2O2/c1-3-16-12(15)13-8-7-11(2)14-9-5-4-6-10-14/h11H,3-10H2,1-2H3,(H,13,15). The van der Waals surface area contributed by atoms with Crippen LogP contribution in [0.3, 0.4) is 0 Å². The first-order chi connectivity index (χ1) is 7.74. The molecule has 0 aromatic heterocycles. The number of hydrogen-bond donors (Lipinski definition) is 1. The van der Waals surface area contributed by atoms with Crippen molar-refractivity contribution < 1.29 is 9.53 Å². The molecule has 0 aromatic carbocycles. The summed E-state index contributed by atoms with van der Waals surface area (Å²) in [6, 6.07) is 0.558. The fraction of sp³-hybridized carbons (Fsp3) is 0.917. The largest absolute Gasteiger partial charge is 0.450 e. The predicted octanol–water partition coefficient (Wildman–Crippen LogP) is 2.00. The van der Waals surface area contributed by atoms with Crippen LogP contribution in [0.5, 0.6) is 0 Å². The maximum absolute atomic E-state index is 11.1. The van der Waals surface area contributed by atoms with Crippen molar-refractivity contribution >= 4 is 6.09 Å². The number of rotatable bonds is 5. The Morgan fingerprint density at radius 1 is 1.38 bits per heavy atom. The Kier molecular flexibility index (Phi) is 6.23. The summed E-state index contributed by atoms with van der Waals surface area (Å²) in [6.07, 6.45) is 4.70. The number of hydrogen-bond acceptors (Lipinski definition) is 3. The molecule has 1 aliphatic heterocycles. The second-order valence-corrected chi connectivity index (χ2v) is 4.38. The van der Waals surface area contributed by atoms with Crippen LogP contribution in [0.25, 0.3) is 0 Å². The number of likely N-dealkylation sites (tertiary alicyclic amines) is 1. The third-order valence-corrected chi connectivity index (χ3v) is 3.12. The molecule has 1 fully saturated rings. The molecule has 0 saturated carbocycles. The Labute approximate surface area is 98.3 Å². The van der Waals surface area contributed by atoms with Crippen molar-refractivity contribution in [3.8, 4) is 0 Å². The number of amides is 1. The smallest absolute Gasteiger partial charge is 0.407 e. The average molecular weight is 228 g/mol. The highest BCUT2D eigenvalue weighted by Gasteiger charge is 2.16. The summed E-state index contributed by atoms with van der Waals surface area (Å²) in [6.45, 7) is 7.61. The quantitative estimate of drug-likeness (QED) is 0.782. The molecule has 1 rings (SSSR count). The molecule has 4 heteroatoms. The van der Waals surface area contributed by atoms with Gasteiger partial charge in [0, 0.05) is 12.6 Å². The molecule has 0 aromatic rings. The molecular weight excluding hydrogens is 204 g/mol. The minimum Gasteiger partial charge on any atom is -0.450 e. The van der Waals surface area contributed by atoms with Crippen LogP contribution in [0, 0.1) is 0 Å². The number of piperidine rings is 1. The highest BCUT2D eigenvalue weighted by molar-refractivity contribution is 5.66. The monoisotopic (exact) mass is 228 g/mol. The van der Waals surface area contributed by atoms with Gasteiger partial charge < -0.3 is 15.0 Å². The topological polar surface area (TPSA) is 41.6 Å². The summed E-state index contributed by atoms with van der Waals surface area (Å²) in [7, 11) is 0. The van der Waals surface area contributed by atoms with Gasteiger partial charge in [0.15, 0.2) is 0 Å². The van der Waals surface area contributed by atoms with Gasteiger partial charge in [-0.05, 0) is 46.2 Å². The predicted molar refractivity (Wildman–Crippen MR) is 64.5 cm³/mol. The van der Waals surface area contributed by atoms with E-state index in [2.05, 4.69) is 17.1 Å². The number of nitrogens with zero attached hydrogens (tertiary/aromatic N) is 1. The summed E-state index contributed by atoms with van der Waals surface area (Å²) < 4.78 is 4.81. The van der Waals surface area contributed by atoms with E-state index in [1.807, 2.05) is 6.92 Å². The molecule has 4 nitrogen and oxygen atoms in total. The van der Waals surface area contributed by atoms with Crippen molar-refractivity contribution in [1.29, 1.82) is 0 Å². The van der Waals surface area contributed by atoms with Gasteiger partial charge >= 0.3 is 6.09 Å². The van der Waals surface area contributed by atoms with Crippen molar-refractivity contribution in [3.63, 3.8) is 0 Å². The SMILES string of the molecule is CCOC(=O)NCCC(C)N1CCCCC1. The lowest BCUT2D eigenvalue weighted by molar-refractivity contribution is 0.145. The zero-order chi connectivity index (χ0) is 11.8. The molecule has 1 unspecified atom stereocenters. The van der Waals surface area contributed by atoms with Gasteiger partial charge in [-0.25, -0.2) is 4.79 Å². The first-order valence-electron chi connectivity index (χ1n) is 6.38. The third-order valence-electron chi connectivity index (χ3n) is 3.12. The highest BCUT2D eigenvalue weighted by Crippen LogP contribution is 2.13. The molecule has 0 spiro atoms. The lowest BCUT2D eigenvalue weighted by Gasteiger charge is -2.32. The number of carbonyl (C=O) groups excluding carboxylic acids is 1. The van der Waals surface area contributed by atoms with E-state index in [1.165, 1.54) is 32.4 Å². The normalized spacial score (nSPS) is 19.1. The number of carbonyl (C=O) groups is 1. The van der Waals surface area contributed by atoms with Crippen LogP contribution in [0.1, 0.15) is 39.5 Å². The molecule has 0 aliphatic carbocycles. The summed E-state index contributed by atoms with van der Waals surface area (Å²) in [5.41, 5.74) is 0. The maximum Gasteiger partial charge on any atom is 0.407 e. The second-order valence-electron chi connectivity index (χ2n) is 4.38. The van der Waals surface area contributed by atoms with Gasteiger partial charge in [-0.15, -0.1) is 0 Å². The first-order valence-corrected chi connectivity index (χ1v) is 6.38. The Hall–Kier alpha value is -0.770. The van der Waals surface area contributed by atoms with E-state index in [1.54, 1.807) is 0 Å². The highest BCUT2D eigenvalue weighted by atomic mass is 16.5. The zero-order valence-corrected chi connectivity index (χ0v) is 10.5. The number of nitrogens with one attached hydrogen (secondary N) is 1. The number of ether oxygens (including phenoxy) is 1. The van der Waals surface area contributed by atoms with E-state index in [0.717, 1.165) is 6.42 Å². The van der Waals surface area contributed by atoms with E-state index < -0.39 is 0 Å². The fourth-order valence-electron chi connectivity index (χ4n) is 2.11. The Bertz CT molecular complexity index is 203. The van der Waals surface area contributed by atoms with E-state index in [-0.39, 0.29) is 6.09 Å². The molecule has 1 heterocycles. The van der Waals surface area contributed by atoms with Gasteiger partial charge in [0.25, 0.3) is 0 Å². The van der Waals surface area contributed by atoms with Crippen LogP contribution in [0.15, 0.2) is 0 Å². The van der Waals surface area contributed by atoms with Crippen molar-refractivity contribution in [2.24, 2.45) is 0 Å². The Morgan fingerprint density at radius 2 is 2.06 bits per heavy atom. The molecule has 1 saturated heterocycles. The van der Waals surface area contributed by atoms with E-state index >= 15 is 0 Å². The van der Waals surface area contributed by atoms with Crippen LogP contribution < -0.4 is 5.32 Å². The van der Waals surface area contributed by atoms with E-state index in [4.69, 9.17) is 4.74 Å². The van der Waals surface area contributed by atoms with Gasteiger partial charge in [-0.1, -0.05) is 6.42 Å². The van der Waals surface area contributed by atoms with Crippen LogP contribution in [-0.2, 0) is 4.74 Å². The molecule has 1 aliphatic rings. The molecule has 0 bridgehead atoms. The molecule has 1 N–H and O–H groups in total.